The van der Waals surface area contributed by atoms with Crippen LogP contribution in [0.2, 0.25) is 0 Å². The molecule has 0 saturated heterocycles. The van der Waals surface area contributed by atoms with Gasteiger partial charge in [0.25, 0.3) is 5.69 Å². The number of hydrogen-bond acceptors (Lipinski definition) is 4. The average molecular weight is 419 g/mol. The van der Waals surface area contributed by atoms with Crippen molar-refractivity contribution in [2.45, 2.75) is 56.7 Å². The zero-order valence-electron chi connectivity index (χ0n) is 13.6. The molecule has 1 atom stereocenters. The molecule has 0 aromatic heterocycles. The van der Waals surface area contributed by atoms with E-state index in [2.05, 4.69) is 15.9 Å². The van der Waals surface area contributed by atoms with Gasteiger partial charge in [-0.25, -0.2) is 0 Å². The number of carbonyl (C=O) groups is 1. The number of nitrogens with zero attached hydrogens (tertiary/aromatic N) is 1. The molecule has 0 amide bonds. The summed E-state index contributed by atoms with van der Waals surface area (Å²) >= 11 is 9.55. The predicted molar refractivity (Wildman–Crippen MR) is 96.6 cm³/mol. The van der Waals surface area contributed by atoms with Gasteiger partial charge in [0.15, 0.2) is 0 Å². The third kappa shape index (κ3) is 4.70. The molecule has 2 rings (SSSR count). The smallest absolute Gasteiger partial charge is 0.324 e. The molecule has 0 spiro atoms. The van der Waals surface area contributed by atoms with Gasteiger partial charge in [-0.2, -0.15) is 0 Å². The van der Waals surface area contributed by atoms with Crippen molar-refractivity contribution in [2.75, 3.05) is 6.61 Å². The largest absolute Gasteiger partial charge is 0.465 e. The third-order valence-corrected chi connectivity index (χ3v) is 5.32. The van der Waals surface area contributed by atoms with Gasteiger partial charge in [0.1, 0.15) is 5.38 Å². The summed E-state index contributed by atoms with van der Waals surface area (Å²) in [6.45, 7) is 1.97. The van der Waals surface area contributed by atoms with Crippen LogP contribution in [0.5, 0.6) is 0 Å². The summed E-state index contributed by atoms with van der Waals surface area (Å²) in [7, 11) is 0. The Morgan fingerprint density at radius 3 is 2.67 bits per heavy atom. The molecule has 1 aliphatic rings. The number of carbonyl (C=O) groups excluding carboxylic acids is 1. The lowest BCUT2D eigenvalue weighted by Gasteiger charge is -2.23. The van der Waals surface area contributed by atoms with Gasteiger partial charge < -0.3 is 4.74 Å². The molecule has 1 unspecified atom stereocenters. The normalized spacial score (nSPS) is 16.6. The van der Waals surface area contributed by atoms with E-state index in [1.165, 1.54) is 6.42 Å². The van der Waals surface area contributed by atoms with Crippen LogP contribution in [0.25, 0.3) is 0 Å². The number of nitro groups is 1. The lowest BCUT2D eigenvalue weighted by molar-refractivity contribution is -0.385. The van der Waals surface area contributed by atoms with Crippen LogP contribution in [0.15, 0.2) is 16.6 Å². The van der Waals surface area contributed by atoms with Gasteiger partial charge in [-0.1, -0.05) is 35.2 Å². The van der Waals surface area contributed by atoms with Gasteiger partial charge in [0.2, 0.25) is 0 Å². The second-order valence-electron chi connectivity index (χ2n) is 6.03. The van der Waals surface area contributed by atoms with Crippen molar-refractivity contribution < 1.29 is 14.5 Å². The van der Waals surface area contributed by atoms with Gasteiger partial charge in [-0.3, -0.25) is 14.9 Å². The highest BCUT2D eigenvalue weighted by Gasteiger charge is 2.28. The monoisotopic (exact) mass is 417 g/mol. The fraction of sp³-hybridized carbons (Fsp3) is 0.588. The molecule has 24 heavy (non-hydrogen) atoms. The van der Waals surface area contributed by atoms with E-state index in [-0.39, 0.29) is 29.6 Å². The Kier molecular flexibility index (Phi) is 7.04. The zero-order valence-corrected chi connectivity index (χ0v) is 15.9. The van der Waals surface area contributed by atoms with E-state index < -0.39 is 11.3 Å². The highest BCUT2D eigenvalue weighted by molar-refractivity contribution is 9.10. The van der Waals surface area contributed by atoms with Crippen molar-refractivity contribution in [1.29, 1.82) is 0 Å². The molecule has 0 radical (unpaired) electrons. The third-order valence-electron chi connectivity index (χ3n) is 4.33. The Hall–Kier alpha value is -1.14. The maximum atomic E-state index is 11.7. The highest BCUT2D eigenvalue weighted by atomic mass is 79.9. The van der Waals surface area contributed by atoms with E-state index in [4.69, 9.17) is 16.3 Å². The van der Waals surface area contributed by atoms with Crippen LogP contribution in [0.3, 0.4) is 0 Å². The van der Waals surface area contributed by atoms with E-state index >= 15 is 0 Å². The van der Waals surface area contributed by atoms with Gasteiger partial charge in [0, 0.05) is 16.1 Å². The Balaban J connectivity index is 2.29. The molecule has 0 aliphatic heterocycles. The van der Waals surface area contributed by atoms with E-state index in [0.717, 1.165) is 35.7 Å². The molecule has 0 N–H and O–H groups in total. The van der Waals surface area contributed by atoms with Gasteiger partial charge in [0.05, 0.1) is 11.5 Å². The van der Waals surface area contributed by atoms with Gasteiger partial charge >= 0.3 is 5.97 Å². The topological polar surface area (TPSA) is 69.4 Å². The zero-order chi connectivity index (χ0) is 17.7. The van der Waals surface area contributed by atoms with Crippen molar-refractivity contribution in [3.05, 3.63) is 37.8 Å². The molecule has 1 aromatic rings. The van der Waals surface area contributed by atoms with Crippen molar-refractivity contribution in [3.8, 4) is 0 Å². The van der Waals surface area contributed by atoms with Crippen LogP contribution < -0.4 is 0 Å². The van der Waals surface area contributed by atoms with Crippen LogP contribution in [0.4, 0.5) is 5.69 Å². The molecule has 1 saturated carbocycles. The number of hydrogen-bond donors (Lipinski definition) is 0. The summed E-state index contributed by atoms with van der Waals surface area (Å²) in [5.41, 5.74) is 1.53. The van der Waals surface area contributed by atoms with Gasteiger partial charge in [-0.15, -0.1) is 11.6 Å². The number of esters is 1. The minimum atomic E-state index is -0.850. The molecular weight excluding hydrogens is 398 g/mol. The second-order valence-corrected chi connectivity index (χ2v) is 7.41. The predicted octanol–water partition coefficient (Wildman–Crippen LogP) is 5.12. The number of rotatable bonds is 6. The van der Waals surface area contributed by atoms with Crippen LogP contribution in [0, 0.1) is 10.1 Å². The lowest BCUT2D eigenvalue weighted by atomic mass is 9.83. The first-order valence-electron chi connectivity index (χ1n) is 8.21. The summed E-state index contributed by atoms with van der Waals surface area (Å²) in [6, 6.07) is 3.38. The standard InChI is InChI=1S/C17H21BrClNO4/c1-2-24-17(21)14(19)9-11-8-13(18)16(15(10-11)20(22)23)12-6-4-3-5-7-12/h8,10,12,14H,2-7,9H2,1H3. The molecule has 1 aliphatic carbocycles. The Morgan fingerprint density at radius 2 is 2.08 bits per heavy atom. The molecule has 1 fully saturated rings. The van der Waals surface area contributed by atoms with E-state index in [1.54, 1.807) is 13.0 Å². The van der Waals surface area contributed by atoms with Crippen LogP contribution in [-0.4, -0.2) is 22.9 Å². The number of ether oxygens (including phenoxy) is 1. The minimum Gasteiger partial charge on any atom is -0.465 e. The molecule has 0 bridgehead atoms. The molecule has 0 heterocycles. The van der Waals surface area contributed by atoms with Gasteiger partial charge in [-0.05, 0) is 43.7 Å². The van der Waals surface area contributed by atoms with Crippen LogP contribution >= 0.6 is 27.5 Å². The Bertz CT molecular complexity index is 617. The maximum absolute atomic E-state index is 11.7. The Labute approximate surface area is 155 Å². The first kappa shape index (κ1) is 19.2. The number of nitro benzene ring substituents is 1. The lowest BCUT2D eigenvalue weighted by Crippen LogP contribution is -2.20. The minimum absolute atomic E-state index is 0.110. The number of halogens is 2. The summed E-state index contributed by atoms with van der Waals surface area (Å²) in [5.74, 6) is -0.297. The Morgan fingerprint density at radius 1 is 1.42 bits per heavy atom. The first-order chi connectivity index (χ1) is 11.4. The summed E-state index contributed by atoms with van der Waals surface area (Å²) < 4.78 is 5.61. The van der Waals surface area contributed by atoms with Crippen molar-refractivity contribution in [2.24, 2.45) is 0 Å². The van der Waals surface area contributed by atoms with Crippen molar-refractivity contribution in [3.63, 3.8) is 0 Å². The van der Waals surface area contributed by atoms with E-state index in [1.807, 2.05) is 6.07 Å². The van der Waals surface area contributed by atoms with E-state index in [0.29, 0.717) is 5.56 Å². The van der Waals surface area contributed by atoms with Crippen LogP contribution in [-0.2, 0) is 16.0 Å². The first-order valence-corrected chi connectivity index (χ1v) is 9.44. The molecule has 1 aromatic carbocycles. The van der Waals surface area contributed by atoms with E-state index in [9.17, 15) is 14.9 Å². The number of alkyl halides is 1. The fourth-order valence-electron chi connectivity index (χ4n) is 3.25. The summed E-state index contributed by atoms with van der Waals surface area (Å²) in [5, 5.41) is 10.7. The molecule has 132 valence electrons. The molecule has 7 heteroatoms. The summed E-state index contributed by atoms with van der Waals surface area (Å²) in [4.78, 5) is 22.9. The highest BCUT2D eigenvalue weighted by Crippen LogP contribution is 2.42. The SMILES string of the molecule is CCOC(=O)C(Cl)Cc1cc(Br)c(C2CCCCC2)c([N+](=O)[O-])c1. The fourth-order valence-corrected chi connectivity index (χ4v) is 4.31. The summed E-state index contributed by atoms with van der Waals surface area (Å²) in [6.07, 6.45) is 5.53. The van der Waals surface area contributed by atoms with Crippen molar-refractivity contribution >= 4 is 39.2 Å². The average Bonchev–Trinajstić information content (AvgIpc) is 2.55. The second kappa shape index (κ2) is 8.81. The molecular formula is C17H21BrClNO4. The quantitative estimate of drug-likeness (QED) is 0.278. The van der Waals surface area contributed by atoms with Crippen LogP contribution in [0.1, 0.15) is 56.1 Å². The van der Waals surface area contributed by atoms with Crippen molar-refractivity contribution in [1.82, 2.24) is 0 Å². The number of benzene rings is 1. The molecule has 5 nitrogen and oxygen atoms in total. The maximum Gasteiger partial charge on any atom is 0.324 e.